The largest absolute Gasteiger partial charge is 0.361 e. The van der Waals surface area contributed by atoms with Gasteiger partial charge in [0, 0.05) is 28.7 Å². The number of carbonyl (C=O) groups is 1. The highest BCUT2D eigenvalue weighted by molar-refractivity contribution is 5.93. The van der Waals surface area contributed by atoms with Crippen molar-refractivity contribution in [2.24, 2.45) is 5.92 Å². The lowest BCUT2D eigenvalue weighted by Crippen LogP contribution is -2.22. The van der Waals surface area contributed by atoms with Gasteiger partial charge in [-0.3, -0.25) is 4.79 Å². The van der Waals surface area contributed by atoms with E-state index in [1.54, 1.807) is 0 Å². The van der Waals surface area contributed by atoms with Gasteiger partial charge in [-0.25, -0.2) is 0 Å². The van der Waals surface area contributed by atoms with Crippen LogP contribution in [0.2, 0.25) is 0 Å². The van der Waals surface area contributed by atoms with Crippen molar-refractivity contribution in [2.75, 3.05) is 5.32 Å². The average molecular weight is 278 g/mol. The molecule has 3 nitrogen and oxygen atoms in total. The van der Waals surface area contributed by atoms with E-state index in [2.05, 4.69) is 16.4 Å². The summed E-state index contributed by atoms with van der Waals surface area (Å²) in [6.07, 6.45) is 2.72. The fourth-order valence-corrected chi connectivity index (χ4v) is 2.51. The third-order valence-electron chi connectivity index (χ3n) is 3.69. The quantitative estimate of drug-likeness (QED) is 0.744. The number of nitrogens with one attached hydrogen (secondary N) is 2. The smallest absolute Gasteiger partial charge is 0.227 e. The van der Waals surface area contributed by atoms with E-state index in [4.69, 9.17) is 0 Å². The molecule has 0 fully saturated rings. The Morgan fingerprint density at radius 1 is 1.10 bits per heavy atom. The molecule has 0 spiro atoms. The van der Waals surface area contributed by atoms with Crippen molar-refractivity contribution in [1.29, 1.82) is 0 Å². The minimum Gasteiger partial charge on any atom is -0.361 e. The number of carbonyl (C=O) groups excluding carboxylic acids is 1. The van der Waals surface area contributed by atoms with Crippen molar-refractivity contribution in [2.45, 2.75) is 13.3 Å². The van der Waals surface area contributed by atoms with Crippen LogP contribution in [0.1, 0.15) is 12.5 Å². The van der Waals surface area contributed by atoms with Gasteiger partial charge in [0.05, 0.1) is 0 Å². The molecule has 0 aliphatic rings. The molecule has 0 radical (unpaired) electrons. The van der Waals surface area contributed by atoms with Crippen LogP contribution in [0.5, 0.6) is 0 Å². The molecule has 21 heavy (non-hydrogen) atoms. The summed E-state index contributed by atoms with van der Waals surface area (Å²) in [6, 6.07) is 17.7. The number of para-hydroxylation sites is 2. The minimum atomic E-state index is -0.0792. The van der Waals surface area contributed by atoms with E-state index in [9.17, 15) is 4.79 Å². The van der Waals surface area contributed by atoms with Crippen LogP contribution in [0.3, 0.4) is 0 Å². The lowest BCUT2D eigenvalue weighted by molar-refractivity contribution is -0.119. The van der Waals surface area contributed by atoms with Crippen LogP contribution in [0.15, 0.2) is 60.8 Å². The fourth-order valence-electron chi connectivity index (χ4n) is 2.51. The van der Waals surface area contributed by atoms with Gasteiger partial charge in [-0.1, -0.05) is 43.3 Å². The topological polar surface area (TPSA) is 44.9 Å². The lowest BCUT2D eigenvalue weighted by atomic mass is 10.00. The molecule has 2 N–H and O–H groups in total. The van der Waals surface area contributed by atoms with Crippen LogP contribution in [0.4, 0.5) is 5.69 Å². The Bertz CT molecular complexity index is 746. The zero-order chi connectivity index (χ0) is 14.7. The van der Waals surface area contributed by atoms with Crippen molar-refractivity contribution in [3.8, 4) is 0 Å². The third-order valence-corrected chi connectivity index (χ3v) is 3.69. The van der Waals surface area contributed by atoms with Gasteiger partial charge < -0.3 is 10.3 Å². The number of fused-ring (bicyclic) bond motifs is 1. The van der Waals surface area contributed by atoms with Gasteiger partial charge in [0.15, 0.2) is 0 Å². The maximum Gasteiger partial charge on any atom is 0.227 e. The SMILES string of the molecule is CC(Cc1c[nH]c2ccccc12)C(=O)Nc1ccccc1. The van der Waals surface area contributed by atoms with Crippen molar-refractivity contribution < 1.29 is 4.79 Å². The maximum absolute atomic E-state index is 12.3. The highest BCUT2D eigenvalue weighted by Crippen LogP contribution is 2.21. The van der Waals surface area contributed by atoms with Gasteiger partial charge in [-0.05, 0) is 30.2 Å². The number of amides is 1. The molecule has 0 saturated carbocycles. The molecule has 2 aromatic carbocycles. The number of anilines is 1. The molecule has 3 aromatic rings. The second-order valence-electron chi connectivity index (χ2n) is 5.32. The lowest BCUT2D eigenvalue weighted by Gasteiger charge is -2.11. The van der Waals surface area contributed by atoms with Gasteiger partial charge in [-0.15, -0.1) is 0 Å². The summed E-state index contributed by atoms with van der Waals surface area (Å²) in [4.78, 5) is 15.5. The molecular formula is C18H18N2O. The highest BCUT2D eigenvalue weighted by atomic mass is 16.1. The molecule has 3 heteroatoms. The summed E-state index contributed by atoms with van der Waals surface area (Å²) in [5.41, 5.74) is 3.14. The normalized spacial score (nSPS) is 12.2. The van der Waals surface area contributed by atoms with E-state index in [0.29, 0.717) is 0 Å². The molecule has 1 heterocycles. The Morgan fingerprint density at radius 3 is 2.62 bits per heavy atom. The Kier molecular flexibility index (Phi) is 3.73. The number of rotatable bonds is 4. The molecule has 0 aliphatic carbocycles. The van der Waals surface area contributed by atoms with Gasteiger partial charge >= 0.3 is 0 Å². The van der Waals surface area contributed by atoms with Crippen LogP contribution in [-0.2, 0) is 11.2 Å². The molecule has 1 atom stereocenters. The van der Waals surface area contributed by atoms with Crippen molar-refractivity contribution >= 4 is 22.5 Å². The van der Waals surface area contributed by atoms with E-state index in [-0.39, 0.29) is 11.8 Å². The second kappa shape index (κ2) is 5.83. The van der Waals surface area contributed by atoms with Crippen molar-refractivity contribution in [1.82, 2.24) is 4.98 Å². The van der Waals surface area contributed by atoms with E-state index in [1.807, 2.05) is 61.7 Å². The first-order chi connectivity index (χ1) is 10.2. The predicted octanol–water partition coefficient (Wildman–Crippen LogP) is 3.99. The van der Waals surface area contributed by atoms with Crippen LogP contribution >= 0.6 is 0 Å². The number of hydrogen-bond acceptors (Lipinski definition) is 1. The summed E-state index contributed by atoms with van der Waals surface area (Å²) in [5.74, 6) is -0.0316. The monoisotopic (exact) mass is 278 g/mol. The van der Waals surface area contributed by atoms with Crippen LogP contribution in [-0.4, -0.2) is 10.9 Å². The van der Waals surface area contributed by atoms with E-state index in [1.165, 1.54) is 10.9 Å². The first kappa shape index (κ1) is 13.4. The first-order valence-corrected chi connectivity index (χ1v) is 7.15. The van der Waals surface area contributed by atoms with E-state index >= 15 is 0 Å². The van der Waals surface area contributed by atoms with Crippen LogP contribution in [0.25, 0.3) is 10.9 Å². The molecule has 0 bridgehead atoms. The summed E-state index contributed by atoms with van der Waals surface area (Å²) in [7, 11) is 0. The second-order valence-corrected chi connectivity index (χ2v) is 5.32. The minimum absolute atomic E-state index is 0.0477. The van der Waals surface area contributed by atoms with Gasteiger partial charge in [0.1, 0.15) is 0 Å². The van der Waals surface area contributed by atoms with E-state index < -0.39 is 0 Å². The van der Waals surface area contributed by atoms with Crippen molar-refractivity contribution in [3.63, 3.8) is 0 Å². The summed E-state index contributed by atoms with van der Waals surface area (Å²) in [5, 5.41) is 4.14. The summed E-state index contributed by atoms with van der Waals surface area (Å²) >= 11 is 0. The summed E-state index contributed by atoms with van der Waals surface area (Å²) < 4.78 is 0. The fraction of sp³-hybridized carbons (Fsp3) is 0.167. The molecule has 0 saturated heterocycles. The number of aromatic nitrogens is 1. The molecule has 1 aromatic heterocycles. The molecule has 1 unspecified atom stereocenters. The Balaban J connectivity index is 1.71. The van der Waals surface area contributed by atoms with Crippen molar-refractivity contribution in [3.05, 3.63) is 66.4 Å². The van der Waals surface area contributed by atoms with Crippen LogP contribution < -0.4 is 5.32 Å². The Morgan fingerprint density at radius 2 is 1.81 bits per heavy atom. The van der Waals surface area contributed by atoms with Crippen LogP contribution in [0, 0.1) is 5.92 Å². The zero-order valence-corrected chi connectivity index (χ0v) is 12.0. The zero-order valence-electron chi connectivity index (χ0n) is 12.0. The van der Waals surface area contributed by atoms with Gasteiger partial charge in [0.25, 0.3) is 0 Å². The Hall–Kier alpha value is -2.55. The summed E-state index contributed by atoms with van der Waals surface area (Å²) in [6.45, 7) is 1.96. The standard InChI is InChI=1S/C18H18N2O/c1-13(18(21)20-15-7-3-2-4-8-15)11-14-12-19-17-10-6-5-9-16(14)17/h2-10,12-13,19H,11H2,1H3,(H,20,21). The first-order valence-electron chi connectivity index (χ1n) is 7.15. The molecule has 106 valence electrons. The molecular weight excluding hydrogens is 260 g/mol. The number of hydrogen-bond donors (Lipinski definition) is 2. The molecule has 3 rings (SSSR count). The number of H-pyrrole nitrogens is 1. The average Bonchev–Trinajstić information content (AvgIpc) is 2.91. The predicted molar refractivity (Wildman–Crippen MR) is 86.2 cm³/mol. The maximum atomic E-state index is 12.3. The van der Waals surface area contributed by atoms with Gasteiger partial charge in [-0.2, -0.15) is 0 Å². The third kappa shape index (κ3) is 2.97. The number of benzene rings is 2. The highest BCUT2D eigenvalue weighted by Gasteiger charge is 2.15. The Labute approximate surface area is 124 Å². The van der Waals surface area contributed by atoms with Gasteiger partial charge in [0.2, 0.25) is 5.91 Å². The number of aromatic amines is 1. The molecule has 0 aliphatic heterocycles. The van der Waals surface area contributed by atoms with E-state index in [0.717, 1.165) is 17.6 Å². The molecule has 1 amide bonds.